The Morgan fingerprint density at radius 1 is 1.15 bits per heavy atom. The molecular weight excluding hydrogens is 160 g/mol. The third-order valence-corrected chi connectivity index (χ3v) is 1.95. The molecule has 82 valence electrons. The summed E-state index contributed by atoms with van der Waals surface area (Å²) in [5, 5.41) is 3.38. The molecule has 0 aromatic heterocycles. The molecule has 0 heterocycles. The summed E-state index contributed by atoms with van der Waals surface area (Å²) in [5.74, 6) is 0. The Labute approximate surface area is 84.7 Å². The van der Waals surface area contributed by atoms with Crippen LogP contribution < -0.4 is 5.32 Å². The van der Waals surface area contributed by atoms with Crippen molar-refractivity contribution in [3.63, 3.8) is 0 Å². The van der Waals surface area contributed by atoms with Crippen LogP contribution in [0, 0.1) is 0 Å². The van der Waals surface area contributed by atoms with Crippen LogP contribution in [0.3, 0.4) is 0 Å². The largest absolute Gasteiger partial charge is 0.315 e. The van der Waals surface area contributed by atoms with E-state index in [2.05, 4.69) is 38.0 Å². The van der Waals surface area contributed by atoms with Crippen molar-refractivity contribution in [2.75, 3.05) is 26.7 Å². The Bertz CT molecular complexity index is 82.2. The number of nitrogens with one attached hydrogen (secondary N) is 1. The molecule has 0 aromatic carbocycles. The van der Waals surface area contributed by atoms with Crippen LogP contribution in [0.15, 0.2) is 0 Å². The smallest absolute Gasteiger partial charge is 0.0106 e. The van der Waals surface area contributed by atoms with Gasteiger partial charge in [-0.3, -0.25) is 0 Å². The molecule has 2 nitrogen and oxygen atoms in total. The van der Waals surface area contributed by atoms with Crippen LogP contribution in [0.4, 0.5) is 0 Å². The van der Waals surface area contributed by atoms with Crippen LogP contribution in [0.25, 0.3) is 0 Å². The van der Waals surface area contributed by atoms with Crippen molar-refractivity contribution >= 4 is 0 Å². The number of hydrogen-bond acceptors (Lipinski definition) is 2. The van der Waals surface area contributed by atoms with E-state index in [1.165, 1.54) is 6.42 Å². The SMILES string of the molecule is CC.CCCNCCN(C)C(C)C. The van der Waals surface area contributed by atoms with Gasteiger partial charge >= 0.3 is 0 Å². The van der Waals surface area contributed by atoms with E-state index in [4.69, 9.17) is 0 Å². The van der Waals surface area contributed by atoms with E-state index in [1.807, 2.05) is 13.8 Å². The summed E-state index contributed by atoms with van der Waals surface area (Å²) in [6.07, 6.45) is 1.23. The van der Waals surface area contributed by atoms with Crippen molar-refractivity contribution in [2.24, 2.45) is 0 Å². The fourth-order valence-corrected chi connectivity index (χ4v) is 0.815. The Balaban J connectivity index is 0. The van der Waals surface area contributed by atoms with Crippen LogP contribution in [-0.4, -0.2) is 37.6 Å². The van der Waals surface area contributed by atoms with Crippen LogP contribution in [0.1, 0.15) is 41.0 Å². The lowest BCUT2D eigenvalue weighted by Gasteiger charge is -2.20. The molecule has 0 radical (unpaired) electrons. The topological polar surface area (TPSA) is 15.3 Å². The summed E-state index contributed by atoms with van der Waals surface area (Å²) in [5.41, 5.74) is 0. The maximum atomic E-state index is 3.38. The minimum Gasteiger partial charge on any atom is -0.315 e. The molecule has 0 spiro atoms. The number of hydrogen-bond donors (Lipinski definition) is 1. The first kappa shape index (κ1) is 15.4. The zero-order chi connectivity index (χ0) is 10.7. The summed E-state index contributed by atoms with van der Waals surface area (Å²) in [6, 6.07) is 0.665. The quantitative estimate of drug-likeness (QED) is 0.644. The van der Waals surface area contributed by atoms with Gasteiger partial charge in [-0.15, -0.1) is 0 Å². The van der Waals surface area contributed by atoms with E-state index in [1.54, 1.807) is 0 Å². The van der Waals surface area contributed by atoms with Gasteiger partial charge in [0, 0.05) is 19.1 Å². The second-order valence-corrected chi connectivity index (χ2v) is 3.32. The van der Waals surface area contributed by atoms with Gasteiger partial charge in [0.1, 0.15) is 0 Å². The predicted octanol–water partition coefficient (Wildman–Crippen LogP) is 2.35. The van der Waals surface area contributed by atoms with Crippen molar-refractivity contribution in [3.8, 4) is 0 Å². The molecule has 2 heteroatoms. The van der Waals surface area contributed by atoms with Crippen molar-refractivity contribution in [3.05, 3.63) is 0 Å². The first-order valence-corrected chi connectivity index (χ1v) is 5.59. The van der Waals surface area contributed by atoms with Crippen LogP contribution >= 0.6 is 0 Å². The third-order valence-electron chi connectivity index (χ3n) is 1.95. The summed E-state index contributed by atoms with van der Waals surface area (Å²) in [7, 11) is 2.16. The molecule has 0 aliphatic carbocycles. The minimum atomic E-state index is 0.665. The van der Waals surface area contributed by atoms with E-state index in [0.717, 1.165) is 19.6 Å². The highest BCUT2D eigenvalue weighted by molar-refractivity contribution is 4.58. The maximum Gasteiger partial charge on any atom is 0.0106 e. The molecule has 0 saturated heterocycles. The molecule has 0 fully saturated rings. The van der Waals surface area contributed by atoms with Crippen molar-refractivity contribution in [1.82, 2.24) is 10.2 Å². The van der Waals surface area contributed by atoms with Gasteiger partial charge in [-0.2, -0.15) is 0 Å². The van der Waals surface area contributed by atoms with Gasteiger partial charge in [0.15, 0.2) is 0 Å². The molecule has 13 heavy (non-hydrogen) atoms. The number of rotatable bonds is 6. The fraction of sp³-hybridized carbons (Fsp3) is 1.00. The first-order chi connectivity index (χ1) is 6.18. The molecule has 0 aromatic rings. The third kappa shape index (κ3) is 11.9. The normalized spacial score (nSPS) is 10.2. The van der Waals surface area contributed by atoms with Crippen molar-refractivity contribution < 1.29 is 0 Å². The Morgan fingerprint density at radius 2 is 1.69 bits per heavy atom. The second-order valence-electron chi connectivity index (χ2n) is 3.32. The van der Waals surface area contributed by atoms with E-state index < -0.39 is 0 Å². The lowest BCUT2D eigenvalue weighted by molar-refractivity contribution is 0.273. The molecule has 0 atom stereocenters. The maximum absolute atomic E-state index is 3.38. The lowest BCUT2D eigenvalue weighted by Crippen LogP contribution is -2.33. The zero-order valence-electron chi connectivity index (χ0n) is 10.4. The van der Waals surface area contributed by atoms with E-state index in [0.29, 0.717) is 6.04 Å². The molecule has 0 bridgehead atoms. The minimum absolute atomic E-state index is 0.665. The Kier molecular flexibility index (Phi) is 14.1. The van der Waals surface area contributed by atoms with Crippen molar-refractivity contribution in [2.45, 2.75) is 47.1 Å². The van der Waals surface area contributed by atoms with Crippen LogP contribution in [0.2, 0.25) is 0 Å². The average Bonchev–Trinajstić information content (AvgIpc) is 2.15. The number of likely N-dealkylation sites (N-methyl/N-ethyl adjacent to an activating group) is 1. The first-order valence-electron chi connectivity index (χ1n) is 5.59. The van der Waals surface area contributed by atoms with Gasteiger partial charge in [-0.05, 0) is 33.9 Å². The fourth-order valence-electron chi connectivity index (χ4n) is 0.815. The van der Waals surface area contributed by atoms with Crippen LogP contribution in [0.5, 0.6) is 0 Å². The molecule has 0 amide bonds. The molecular formula is C11H28N2. The zero-order valence-corrected chi connectivity index (χ0v) is 10.4. The van der Waals surface area contributed by atoms with E-state index >= 15 is 0 Å². The van der Waals surface area contributed by atoms with Gasteiger partial charge < -0.3 is 10.2 Å². The highest BCUT2D eigenvalue weighted by Crippen LogP contribution is 1.90. The molecule has 0 saturated carbocycles. The highest BCUT2D eigenvalue weighted by Gasteiger charge is 2.00. The Hall–Kier alpha value is -0.0800. The molecule has 1 N–H and O–H groups in total. The summed E-state index contributed by atoms with van der Waals surface area (Å²) in [6.45, 7) is 14.0. The van der Waals surface area contributed by atoms with Gasteiger partial charge in [0.2, 0.25) is 0 Å². The van der Waals surface area contributed by atoms with Gasteiger partial charge in [0.25, 0.3) is 0 Å². The number of nitrogens with zero attached hydrogens (tertiary/aromatic N) is 1. The van der Waals surface area contributed by atoms with Crippen molar-refractivity contribution in [1.29, 1.82) is 0 Å². The molecule has 0 unspecified atom stereocenters. The standard InChI is InChI=1S/C9H22N2.C2H6/c1-5-6-10-7-8-11(4)9(2)3;1-2/h9-10H,5-8H2,1-4H3;1-2H3. The average molecular weight is 188 g/mol. The van der Waals surface area contributed by atoms with E-state index in [9.17, 15) is 0 Å². The molecule has 0 rings (SSSR count). The molecule has 0 aliphatic heterocycles. The van der Waals surface area contributed by atoms with Gasteiger partial charge in [-0.25, -0.2) is 0 Å². The summed E-state index contributed by atoms with van der Waals surface area (Å²) >= 11 is 0. The summed E-state index contributed by atoms with van der Waals surface area (Å²) in [4.78, 5) is 2.35. The highest BCUT2D eigenvalue weighted by atomic mass is 15.1. The Morgan fingerprint density at radius 3 is 2.08 bits per heavy atom. The summed E-state index contributed by atoms with van der Waals surface area (Å²) < 4.78 is 0. The van der Waals surface area contributed by atoms with Gasteiger partial charge in [-0.1, -0.05) is 20.8 Å². The van der Waals surface area contributed by atoms with Gasteiger partial charge in [0.05, 0.1) is 0 Å². The molecule has 0 aliphatic rings. The van der Waals surface area contributed by atoms with E-state index in [-0.39, 0.29) is 0 Å². The second kappa shape index (κ2) is 11.9. The van der Waals surface area contributed by atoms with Crippen LogP contribution in [-0.2, 0) is 0 Å². The predicted molar refractivity (Wildman–Crippen MR) is 62.3 cm³/mol. The monoisotopic (exact) mass is 188 g/mol. The lowest BCUT2D eigenvalue weighted by atomic mass is 10.3.